The first-order chi connectivity index (χ1) is 15.3. The Hall–Kier alpha value is -2.42. The maximum absolute atomic E-state index is 13.7. The molecule has 3 aromatic rings. The largest absolute Gasteiger partial charge is 0.495 e. The van der Waals surface area contributed by atoms with E-state index in [9.17, 15) is 9.59 Å². The fraction of sp³-hybridized carbons (Fsp3) is 0.435. The van der Waals surface area contributed by atoms with Crippen molar-refractivity contribution in [3.8, 4) is 5.75 Å². The van der Waals surface area contributed by atoms with Gasteiger partial charge in [0.2, 0.25) is 5.91 Å². The molecule has 1 atom stereocenters. The van der Waals surface area contributed by atoms with Crippen molar-refractivity contribution in [1.82, 2.24) is 14.5 Å². The van der Waals surface area contributed by atoms with Crippen molar-refractivity contribution in [2.24, 2.45) is 0 Å². The molecule has 0 spiro atoms. The fourth-order valence-corrected chi connectivity index (χ4v) is 5.63. The van der Waals surface area contributed by atoms with E-state index < -0.39 is 6.04 Å². The number of halogens is 1. The Morgan fingerprint density at radius 2 is 2.09 bits per heavy atom. The highest BCUT2D eigenvalue weighted by Gasteiger charge is 2.27. The third kappa shape index (κ3) is 4.27. The van der Waals surface area contributed by atoms with Crippen molar-refractivity contribution in [2.45, 2.75) is 45.2 Å². The Labute approximate surface area is 196 Å². The van der Waals surface area contributed by atoms with Crippen molar-refractivity contribution in [3.05, 3.63) is 49.8 Å². The predicted octanol–water partition coefficient (Wildman–Crippen LogP) is 4.26. The number of rotatable bonds is 6. The number of anilines is 1. The van der Waals surface area contributed by atoms with Crippen LogP contribution in [0.1, 0.15) is 42.1 Å². The van der Waals surface area contributed by atoms with E-state index in [1.165, 1.54) is 16.6 Å². The third-order valence-corrected chi connectivity index (χ3v) is 7.16. The zero-order valence-corrected chi connectivity index (χ0v) is 20.3. The summed E-state index contributed by atoms with van der Waals surface area (Å²) in [4.78, 5) is 35.8. The highest BCUT2D eigenvalue weighted by Crippen LogP contribution is 2.34. The number of aryl methyl sites for hydroxylation is 2. The molecular weight excluding hydrogens is 448 g/mol. The first-order valence-electron chi connectivity index (χ1n) is 10.6. The lowest BCUT2D eigenvalue weighted by Gasteiger charge is -2.21. The number of nitrogens with one attached hydrogen (secondary N) is 1. The number of amides is 1. The summed E-state index contributed by atoms with van der Waals surface area (Å²) < 4.78 is 6.87. The molecule has 1 aliphatic carbocycles. The van der Waals surface area contributed by atoms with Crippen LogP contribution in [0.25, 0.3) is 10.2 Å². The number of ether oxygens (including phenoxy) is 1. The molecule has 4 rings (SSSR count). The van der Waals surface area contributed by atoms with Crippen molar-refractivity contribution >= 4 is 44.7 Å². The molecule has 7 nitrogen and oxygen atoms in total. The van der Waals surface area contributed by atoms with Crippen LogP contribution in [0.4, 0.5) is 5.69 Å². The molecule has 1 unspecified atom stereocenters. The van der Waals surface area contributed by atoms with E-state index in [2.05, 4.69) is 5.32 Å². The molecule has 2 heterocycles. The number of nitrogens with zero attached hydrogens (tertiary/aromatic N) is 3. The van der Waals surface area contributed by atoms with Gasteiger partial charge in [0.25, 0.3) is 5.56 Å². The van der Waals surface area contributed by atoms with Gasteiger partial charge in [-0.2, -0.15) is 0 Å². The van der Waals surface area contributed by atoms with Gasteiger partial charge >= 0.3 is 0 Å². The maximum Gasteiger partial charge on any atom is 0.263 e. The minimum atomic E-state index is -0.767. The Morgan fingerprint density at radius 3 is 2.81 bits per heavy atom. The molecule has 32 heavy (non-hydrogen) atoms. The number of carbonyl (C=O) groups is 1. The SMILES string of the molecule is COc1ccc(Cl)cc1NC(=O)C(C)n1c(CN(C)C)nc2sc3c(c2c1=O)CCCC3. The first kappa shape index (κ1) is 22.8. The number of thiophene rings is 1. The summed E-state index contributed by atoms with van der Waals surface area (Å²) in [5.41, 5.74) is 1.43. The minimum absolute atomic E-state index is 0.146. The molecule has 1 aliphatic rings. The summed E-state index contributed by atoms with van der Waals surface area (Å²) in [5, 5.41) is 4.02. The third-order valence-electron chi connectivity index (χ3n) is 5.74. The molecule has 0 aliphatic heterocycles. The Kier molecular flexibility index (Phi) is 6.55. The smallest absolute Gasteiger partial charge is 0.263 e. The molecule has 0 saturated heterocycles. The normalized spacial score (nSPS) is 14.4. The zero-order valence-electron chi connectivity index (χ0n) is 18.7. The van der Waals surface area contributed by atoms with E-state index in [1.807, 2.05) is 19.0 Å². The average molecular weight is 475 g/mol. The molecule has 9 heteroatoms. The maximum atomic E-state index is 13.7. The van der Waals surface area contributed by atoms with Crippen molar-refractivity contribution in [2.75, 3.05) is 26.5 Å². The van der Waals surface area contributed by atoms with Crippen LogP contribution in [0.2, 0.25) is 5.02 Å². The van der Waals surface area contributed by atoms with Gasteiger partial charge in [0, 0.05) is 9.90 Å². The fourth-order valence-electron chi connectivity index (χ4n) is 4.19. The van der Waals surface area contributed by atoms with Crippen molar-refractivity contribution in [1.29, 1.82) is 0 Å². The molecule has 0 saturated carbocycles. The molecule has 0 radical (unpaired) electrons. The van der Waals surface area contributed by atoms with Gasteiger partial charge < -0.3 is 15.0 Å². The highest BCUT2D eigenvalue weighted by atomic mass is 35.5. The van der Waals surface area contributed by atoms with Crippen LogP contribution in [0.15, 0.2) is 23.0 Å². The van der Waals surface area contributed by atoms with Crippen LogP contribution in [-0.2, 0) is 24.2 Å². The number of carbonyl (C=O) groups excluding carboxylic acids is 1. The average Bonchev–Trinajstić information content (AvgIpc) is 3.11. The number of hydrogen-bond donors (Lipinski definition) is 1. The number of hydrogen-bond acceptors (Lipinski definition) is 6. The number of benzene rings is 1. The second-order valence-electron chi connectivity index (χ2n) is 8.34. The quantitative estimate of drug-likeness (QED) is 0.577. The minimum Gasteiger partial charge on any atom is -0.495 e. The van der Waals surface area contributed by atoms with Gasteiger partial charge in [0.15, 0.2) is 0 Å². The summed E-state index contributed by atoms with van der Waals surface area (Å²) in [6.07, 6.45) is 4.09. The lowest BCUT2D eigenvalue weighted by molar-refractivity contribution is -0.119. The van der Waals surface area contributed by atoms with Crippen LogP contribution >= 0.6 is 22.9 Å². The molecule has 1 aromatic carbocycles. The number of methoxy groups -OCH3 is 1. The monoisotopic (exact) mass is 474 g/mol. The van der Waals surface area contributed by atoms with E-state index in [0.717, 1.165) is 36.1 Å². The highest BCUT2D eigenvalue weighted by molar-refractivity contribution is 7.18. The summed E-state index contributed by atoms with van der Waals surface area (Å²) in [5.74, 6) is 0.737. The second-order valence-corrected chi connectivity index (χ2v) is 9.86. The van der Waals surface area contributed by atoms with E-state index in [0.29, 0.717) is 34.2 Å². The van der Waals surface area contributed by atoms with Gasteiger partial charge in [-0.05, 0) is 70.5 Å². The van der Waals surface area contributed by atoms with E-state index in [1.54, 1.807) is 36.5 Å². The van der Waals surface area contributed by atoms with Crippen LogP contribution in [0.3, 0.4) is 0 Å². The van der Waals surface area contributed by atoms with Gasteiger partial charge in [-0.1, -0.05) is 11.6 Å². The van der Waals surface area contributed by atoms with Gasteiger partial charge in [0.1, 0.15) is 22.4 Å². The number of aromatic nitrogens is 2. The molecule has 2 aromatic heterocycles. The van der Waals surface area contributed by atoms with E-state index in [-0.39, 0.29) is 11.5 Å². The van der Waals surface area contributed by atoms with Crippen LogP contribution in [0.5, 0.6) is 5.75 Å². The van der Waals surface area contributed by atoms with Crippen LogP contribution in [-0.4, -0.2) is 41.6 Å². The Balaban J connectivity index is 1.79. The van der Waals surface area contributed by atoms with Crippen molar-refractivity contribution < 1.29 is 9.53 Å². The molecule has 1 N–H and O–H groups in total. The molecule has 170 valence electrons. The predicted molar refractivity (Wildman–Crippen MR) is 129 cm³/mol. The molecule has 0 fully saturated rings. The molecule has 1 amide bonds. The van der Waals surface area contributed by atoms with Gasteiger partial charge in [0.05, 0.1) is 24.7 Å². The summed E-state index contributed by atoms with van der Waals surface area (Å²) >= 11 is 7.72. The standard InChI is InChI=1S/C23H27ClN4O3S/c1-13(21(29)25-16-11-14(24)9-10-17(16)31-4)28-19(12-27(2)3)26-22-20(23(28)30)15-7-5-6-8-18(15)32-22/h9-11,13H,5-8,12H2,1-4H3,(H,25,29). The van der Waals surface area contributed by atoms with Gasteiger partial charge in [-0.25, -0.2) is 4.98 Å². The lowest BCUT2D eigenvalue weighted by atomic mass is 9.97. The Bertz CT molecular complexity index is 1230. The Morgan fingerprint density at radius 1 is 1.34 bits per heavy atom. The first-order valence-corrected chi connectivity index (χ1v) is 11.8. The molecular formula is C23H27ClN4O3S. The van der Waals surface area contributed by atoms with Crippen molar-refractivity contribution in [3.63, 3.8) is 0 Å². The van der Waals surface area contributed by atoms with Crippen LogP contribution < -0.4 is 15.6 Å². The number of fused-ring (bicyclic) bond motifs is 3. The zero-order chi connectivity index (χ0) is 23.0. The van der Waals surface area contributed by atoms with E-state index >= 15 is 0 Å². The summed E-state index contributed by atoms with van der Waals surface area (Å²) in [6, 6.07) is 4.25. The van der Waals surface area contributed by atoms with E-state index in [4.69, 9.17) is 21.3 Å². The summed E-state index contributed by atoms with van der Waals surface area (Å²) in [7, 11) is 5.36. The van der Waals surface area contributed by atoms with Gasteiger partial charge in [-0.3, -0.25) is 14.2 Å². The van der Waals surface area contributed by atoms with Crippen LogP contribution in [0, 0.1) is 0 Å². The second kappa shape index (κ2) is 9.21. The topological polar surface area (TPSA) is 76.5 Å². The summed E-state index contributed by atoms with van der Waals surface area (Å²) in [6.45, 7) is 2.17. The molecule has 0 bridgehead atoms. The lowest BCUT2D eigenvalue weighted by Crippen LogP contribution is -2.36. The van der Waals surface area contributed by atoms with Gasteiger partial charge in [-0.15, -0.1) is 11.3 Å².